The minimum absolute atomic E-state index is 0.221. The predicted molar refractivity (Wildman–Crippen MR) is 88.4 cm³/mol. The third-order valence-electron chi connectivity index (χ3n) is 4.10. The van der Waals surface area contributed by atoms with Crippen molar-refractivity contribution in [1.82, 2.24) is 20.0 Å². The van der Waals surface area contributed by atoms with E-state index in [1.165, 1.54) is 31.6 Å². The van der Waals surface area contributed by atoms with Gasteiger partial charge in [-0.2, -0.15) is 5.10 Å². The Bertz CT molecular complexity index is 430. The Kier molecular flexibility index (Phi) is 5.44. The molecule has 2 rings (SSSR count). The summed E-state index contributed by atoms with van der Waals surface area (Å²) in [5, 5.41) is 8.32. The van der Waals surface area contributed by atoms with E-state index in [0.717, 1.165) is 19.0 Å². The molecule has 4 heteroatoms. The van der Waals surface area contributed by atoms with Crippen molar-refractivity contribution >= 4 is 0 Å². The molecule has 1 unspecified atom stereocenters. The fourth-order valence-electron chi connectivity index (χ4n) is 2.89. The van der Waals surface area contributed by atoms with E-state index in [4.69, 9.17) is 0 Å². The van der Waals surface area contributed by atoms with Gasteiger partial charge in [-0.1, -0.05) is 0 Å². The van der Waals surface area contributed by atoms with E-state index in [2.05, 4.69) is 66.9 Å². The van der Waals surface area contributed by atoms with Gasteiger partial charge in [0.2, 0.25) is 0 Å². The monoisotopic (exact) mass is 292 g/mol. The first-order valence-electron chi connectivity index (χ1n) is 8.35. The van der Waals surface area contributed by atoms with Crippen LogP contribution in [-0.4, -0.2) is 39.9 Å². The molecule has 2 heterocycles. The number of rotatable bonds is 5. The average molecular weight is 292 g/mol. The number of likely N-dealkylation sites (tertiary alicyclic amines) is 1. The van der Waals surface area contributed by atoms with Gasteiger partial charge in [0, 0.05) is 30.9 Å². The number of hydrogen-bond acceptors (Lipinski definition) is 3. The van der Waals surface area contributed by atoms with Gasteiger partial charge in [0.25, 0.3) is 0 Å². The van der Waals surface area contributed by atoms with E-state index in [9.17, 15) is 0 Å². The lowest BCUT2D eigenvalue weighted by molar-refractivity contribution is 0.158. The fraction of sp³-hybridized carbons (Fsp3) is 0.824. The van der Waals surface area contributed by atoms with E-state index in [0.29, 0.717) is 6.04 Å². The zero-order valence-electron chi connectivity index (χ0n) is 14.4. The summed E-state index contributed by atoms with van der Waals surface area (Å²) in [6.07, 6.45) is 4.75. The molecule has 0 aromatic carbocycles. The molecule has 0 spiro atoms. The van der Waals surface area contributed by atoms with Crippen LogP contribution in [0.2, 0.25) is 0 Å². The van der Waals surface area contributed by atoms with Crippen molar-refractivity contribution in [2.75, 3.05) is 19.6 Å². The van der Waals surface area contributed by atoms with Gasteiger partial charge < -0.3 is 5.32 Å². The molecule has 0 saturated carbocycles. The first-order valence-corrected chi connectivity index (χ1v) is 8.35. The molecule has 0 amide bonds. The second-order valence-electron chi connectivity index (χ2n) is 7.76. The van der Waals surface area contributed by atoms with Crippen molar-refractivity contribution in [1.29, 1.82) is 0 Å². The zero-order chi connectivity index (χ0) is 15.5. The lowest BCUT2D eigenvalue weighted by atomic mass is 9.96. The Labute approximate surface area is 129 Å². The maximum atomic E-state index is 4.67. The van der Waals surface area contributed by atoms with Crippen LogP contribution in [0.25, 0.3) is 0 Å². The molecule has 1 aliphatic rings. The summed E-state index contributed by atoms with van der Waals surface area (Å²) in [4.78, 5) is 2.56. The Morgan fingerprint density at radius 1 is 1.38 bits per heavy atom. The van der Waals surface area contributed by atoms with E-state index in [1.807, 2.05) is 0 Å². The van der Waals surface area contributed by atoms with E-state index in [-0.39, 0.29) is 5.54 Å². The quantitative estimate of drug-likeness (QED) is 0.905. The zero-order valence-corrected chi connectivity index (χ0v) is 14.4. The van der Waals surface area contributed by atoms with Crippen LogP contribution in [0.1, 0.15) is 59.2 Å². The second kappa shape index (κ2) is 6.93. The summed E-state index contributed by atoms with van der Waals surface area (Å²) < 4.78 is 2.05. The third-order valence-corrected chi connectivity index (χ3v) is 4.10. The third kappa shape index (κ3) is 5.44. The molecule has 1 aromatic rings. The van der Waals surface area contributed by atoms with Crippen molar-refractivity contribution in [2.45, 2.75) is 65.6 Å². The molecule has 120 valence electrons. The fourth-order valence-corrected chi connectivity index (χ4v) is 2.89. The molecule has 1 atom stereocenters. The topological polar surface area (TPSA) is 33.1 Å². The average Bonchev–Trinajstić information content (AvgIpc) is 2.85. The van der Waals surface area contributed by atoms with Gasteiger partial charge in [-0.15, -0.1) is 0 Å². The van der Waals surface area contributed by atoms with Gasteiger partial charge in [-0.25, -0.2) is 0 Å². The van der Waals surface area contributed by atoms with Crippen LogP contribution in [0.4, 0.5) is 0 Å². The standard InChI is InChI=1S/C17H32N4/c1-14(2)21-10-8-16(19-21)13-20-9-6-7-15(12-20)11-18-17(3,4)5/h8,10,14-15,18H,6-7,9,11-13H2,1-5H3. The van der Waals surface area contributed by atoms with Crippen LogP contribution in [0.3, 0.4) is 0 Å². The van der Waals surface area contributed by atoms with Gasteiger partial charge in [-0.3, -0.25) is 9.58 Å². The predicted octanol–water partition coefficient (Wildman–Crippen LogP) is 3.06. The van der Waals surface area contributed by atoms with Crippen molar-refractivity contribution in [2.24, 2.45) is 5.92 Å². The molecular weight excluding hydrogens is 260 g/mol. The van der Waals surface area contributed by atoms with Gasteiger partial charge >= 0.3 is 0 Å². The van der Waals surface area contributed by atoms with Gasteiger partial charge in [0.05, 0.1) is 5.69 Å². The molecule has 1 fully saturated rings. The lowest BCUT2D eigenvalue weighted by Crippen LogP contribution is -2.44. The molecule has 0 bridgehead atoms. The maximum absolute atomic E-state index is 4.67. The van der Waals surface area contributed by atoms with E-state index >= 15 is 0 Å². The summed E-state index contributed by atoms with van der Waals surface area (Å²) in [7, 11) is 0. The summed E-state index contributed by atoms with van der Waals surface area (Å²) in [6, 6.07) is 2.61. The SMILES string of the molecule is CC(C)n1ccc(CN2CCCC(CNC(C)(C)C)C2)n1. The highest BCUT2D eigenvalue weighted by atomic mass is 15.3. The molecule has 1 aliphatic heterocycles. The van der Waals surface area contributed by atoms with Crippen molar-refractivity contribution < 1.29 is 0 Å². The Morgan fingerprint density at radius 2 is 2.14 bits per heavy atom. The second-order valence-corrected chi connectivity index (χ2v) is 7.76. The Morgan fingerprint density at radius 3 is 2.76 bits per heavy atom. The molecular formula is C17H32N4. The van der Waals surface area contributed by atoms with E-state index < -0.39 is 0 Å². The highest BCUT2D eigenvalue weighted by Gasteiger charge is 2.22. The normalized spacial score (nSPS) is 21.1. The number of nitrogens with one attached hydrogen (secondary N) is 1. The van der Waals surface area contributed by atoms with Crippen molar-refractivity contribution in [3.63, 3.8) is 0 Å². The smallest absolute Gasteiger partial charge is 0.0764 e. The van der Waals surface area contributed by atoms with E-state index in [1.54, 1.807) is 0 Å². The van der Waals surface area contributed by atoms with Gasteiger partial charge in [0.15, 0.2) is 0 Å². The minimum atomic E-state index is 0.221. The highest BCUT2D eigenvalue weighted by Crippen LogP contribution is 2.18. The van der Waals surface area contributed by atoms with Crippen molar-refractivity contribution in [3.05, 3.63) is 18.0 Å². The molecule has 4 nitrogen and oxygen atoms in total. The van der Waals surface area contributed by atoms with Crippen LogP contribution >= 0.6 is 0 Å². The minimum Gasteiger partial charge on any atom is -0.312 e. The summed E-state index contributed by atoms with van der Waals surface area (Å²) in [6.45, 7) is 15.6. The molecule has 1 N–H and O–H groups in total. The Hall–Kier alpha value is -0.870. The maximum Gasteiger partial charge on any atom is 0.0764 e. The van der Waals surface area contributed by atoms with Crippen molar-refractivity contribution in [3.8, 4) is 0 Å². The molecule has 21 heavy (non-hydrogen) atoms. The summed E-state index contributed by atoms with van der Waals surface area (Å²) >= 11 is 0. The molecule has 0 aliphatic carbocycles. The summed E-state index contributed by atoms with van der Waals surface area (Å²) in [5.74, 6) is 0.769. The van der Waals surface area contributed by atoms with Crippen LogP contribution in [0.5, 0.6) is 0 Å². The summed E-state index contributed by atoms with van der Waals surface area (Å²) in [5.41, 5.74) is 1.42. The molecule has 1 aromatic heterocycles. The van der Waals surface area contributed by atoms with Crippen LogP contribution < -0.4 is 5.32 Å². The van der Waals surface area contributed by atoms with Gasteiger partial charge in [-0.05, 0) is 72.5 Å². The first-order chi connectivity index (χ1) is 9.83. The van der Waals surface area contributed by atoms with Crippen LogP contribution in [-0.2, 0) is 6.54 Å². The highest BCUT2D eigenvalue weighted by molar-refractivity contribution is 5.00. The largest absolute Gasteiger partial charge is 0.312 e. The molecule has 1 saturated heterocycles. The number of hydrogen-bond donors (Lipinski definition) is 1. The van der Waals surface area contributed by atoms with Crippen LogP contribution in [0, 0.1) is 5.92 Å². The number of piperidine rings is 1. The first kappa shape index (κ1) is 16.5. The van der Waals surface area contributed by atoms with Gasteiger partial charge in [0.1, 0.15) is 0 Å². The molecule has 0 radical (unpaired) electrons. The lowest BCUT2D eigenvalue weighted by Gasteiger charge is -2.34. The van der Waals surface area contributed by atoms with Crippen LogP contribution in [0.15, 0.2) is 12.3 Å². The Balaban J connectivity index is 1.83. The number of nitrogens with zero attached hydrogens (tertiary/aromatic N) is 3. The number of aromatic nitrogens is 2.